The molecule has 4 rings (SSSR count). The number of para-hydroxylation sites is 1. The van der Waals surface area contributed by atoms with Gasteiger partial charge in [0.25, 0.3) is 5.91 Å². The molecule has 0 bridgehead atoms. The number of carbonyl (C=O) groups is 2. The van der Waals surface area contributed by atoms with Crippen LogP contribution in [-0.4, -0.2) is 23.1 Å². The van der Waals surface area contributed by atoms with Crippen molar-refractivity contribution in [2.24, 2.45) is 0 Å². The van der Waals surface area contributed by atoms with E-state index in [1.54, 1.807) is 31.2 Å². The van der Waals surface area contributed by atoms with Crippen LogP contribution in [0.1, 0.15) is 34.3 Å². The lowest BCUT2D eigenvalue weighted by Gasteiger charge is -2.15. The molecule has 0 fully saturated rings. The molecular weight excluding hydrogens is 420 g/mol. The fraction of sp³-hybridized carbons (Fsp3) is 0.192. The molecule has 0 aliphatic carbocycles. The molecule has 0 saturated carbocycles. The maximum Gasteiger partial charge on any atom is 0.342 e. The second-order valence-electron chi connectivity index (χ2n) is 7.69. The van der Waals surface area contributed by atoms with Gasteiger partial charge in [-0.25, -0.2) is 4.79 Å². The van der Waals surface area contributed by atoms with E-state index in [1.807, 2.05) is 49.4 Å². The van der Waals surface area contributed by atoms with Crippen molar-refractivity contribution < 1.29 is 23.6 Å². The van der Waals surface area contributed by atoms with Crippen LogP contribution in [-0.2, 0) is 16.1 Å². The molecule has 0 radical (unpaired) electrons. The number of nitrogens with zero attached hydrogens (tertiary/aromatic N) is 1. The number of hydrogen-bond acceptors (Lipinski definition) is 6. The molecule has 1 unspecified atom stereocenters. The van der Waals surface area contributed by atoms with Crippen molar-refractivity contribution in [2.75, 3.05) is 5.32 Å². The van der Waals surface area contributed by atoms with Crippen LogP contribution < -0.4 is 10.1 Å². The number of amides is 1. The SMILES string of the molecule is Cc1noc(C)c1COc1ccccc1C(=O)OC(C)C(=O)Nc1ccc2ccccc2c1. The standard InChI is InChI=1S/C26H24N2O5/c1-16-23(17(2)33-28-16)15-31-24-11-7-6-10-22(24)26(30)32-18(3)25(29)27-21-13-12-19-8-4-5-9-20(19)14-21/h4-14,18H,15H2,1-3H3,(H,27,29). The highest BCUT2D eigenvalue weighted by atomic mass is 16.5. The van der Waals surface area contributed by atoms with Crippen LogP contribution in [0.25, 0.3) is 10.8 Å². The van der Waals surface area contributed by atoms with Crippen LogP contribution in [0.3, 0.4) is 0 Å². The summed E-state index contributed by atoms with van der Waals surface area (Å²) in [5, 5.41) is 8.78. The molecule has 1 heterocycles. The van der Waals surface area contributed by atoms with Crippen LogP contribution >= 0.6 is 0 Å². The molecule has 1 atom stereocenters. The fourth-order valence-electron chi connectivity index (χ4n) is 3.41. The van der Waals surface area contributed by atoms with Gasteiger partial charge in [-0.2, -0.15) is 0 Å². The molecule has 0 aliphatic rings. The second-order valence-corrected chi connectivity index (χ2v) is 7.69. The fourth-order valence-corrected chi connectivity index (χ4v) is 3.41. The van der Waals surface area contributed by atoms with Gasteiger partial charge in [0, 0.05) is 5.69 Å². The number of benzene rings is 3. The quantitative estimate of drug-likeness (QED) is 0.394. The molecule has 0 aliphatic heterocycles. The Balaban J connectivity index is 1.41. The van der Waals surface area contributed by atoms with Gasteiger partial charge in [-0.15, -0.1) is 0 Å². The van der Waals surface area contributed by atoms with Crippen molar-refractivity contribution in [1.82, 2.24) is 5.16 Å². The highest BCUT2D eigenvalue weighted by molar-refractivity contribution is 5.99. The van der Waals surface area contributed by atoms with Crippen molar-refractivity contribution in [2.45, 2.75) is 33.5 Å². The highest BCUT2D eigenvalue weighted by Crippen LogP contribution is 2.23. The number of hydrogen-bond donors (Lipinski definition) is 1. The monoisotopic (exact) mass is 444 g/mol. The zero-order chi connectivity index (χ0) is 23.4. The minimum Gasteiger partial charge on any atom is -0.488 e. The van der Waals surface area contributed by atoms with E-state index in [-0.39, 0.29) is 12.2 Å². The highest BCUT2D eigenvalue weighted by Gasteiger charge is 2.22. The summed E-state index contributed by atoms with van der Waals surface area (Å²) in [5.41, 5.74) is 2.41. The lowest BCUT2D eigenvalue weighted by atomic mass is 10.1. The number of esters is 1. The maximum atomic E-state index is 12.8. The Morgan fingerprint density at radius 1 is 1.00 bits per heavy atom. The van der Waals surface area contributed by atoms with E-state index < -0.39 is 18.0 Å². The summed E-state index contributed by atoms with van der Waals surface area (Å²) < 4.78 is 16.4. The number of rotatable bonds is 7. The molecule has 7 heteroatoms. The lowest BCUT2D eigenvalue weighted by Crippen LogP contribution is -2.30. The third-order valence-electron chi connectivity index (χ3n) is 5.33. The van der Waals surface area contributed by atoms with Gasteiger partial charge in [-0.3, -0.25) is 4.79 Å². The summed E-state index contributed by atoms with van der Waals surface area (Å²) in [7, 11) is 0. The van der Waals surface area contributed by atoms with E-state index in [1.165, 1.54) is 6.92 Å². The first-order valence-electron chi connectivity index (χ1n) is 10.6. The van der Waals surface area contributed by atoms with Gasteiger partial charge in [0.2, 0.25) is 0 Å². The van der Waals surface area contributed by atoms with Gasteiger partial charge in [-0.05, 0) is 55.8 Å². The van der Waals surface area contributed by atoms with E-state index in [9.17, 15) is 9.59 Å². The molecule has 168 valence electrons. The van der Waals surface area contributed by atoms with Gasteiger partial charge < -0.3 is 19.3 Å². The van der Waals surface area contributed by atoms with Crippen LogP contribution in [0.2, 0.25) is 0 Å². The third-order valence-corrected chi connectivity index (χ3v) is 5.33. The first-order valence-corrected chi connectivity index (χ1v) is 10.6. The number of fused-ring (bicyclic) bond motifs is 1. The number of aryl methyl sites for hydroxylation is 2. The first-order chi connectivity index (χ1) is 15.9. The van der Waals surface area contributed by atoms with Gasteiger partial charge in [-0.1, -0.05) is 47.6 Å². The summed E-state index contributed by atoms with van der Waals surface area (Å²) in [4.78, 5) is 25.4. The van der Waals surface area contributed by atoms with E-state index in [0.29, 0.717) is 17.2 Å². The van der Waals surface area contributed by atoms with Crippen LogP contribution in [0.5, 0.6) is 5.75 Å². The predicted octanol–water partition coefficient (Wildman–Crippen LogP) is 5.21. The summed E-state index contributed by atoms with van der Waals surface area (Å²) >= 11 is 0. The summed E-state index contributed by atoms with van der Waals surface area (Å²) in [6.07, 6.45) is -1.00. The largest absolute Gasteiger partial charge is 0.488 e. The number of ether oxygens (including phenoxy) is 2. The average molecular weight is 444 g/mol. The van der Waals surface area contributed by atoms with Crippen LogP contribution in [0.4, 0.5) is 5.69 Å². The first kappa shape index (κ1) is 22.1. The Labute approximate surface area is 191 Å². The zero-order valence-electron chi connectivity index (χ0n) is 18.6. The molecule has 3 aromatic carbocycles. The van der Waals surface area contributed by atoms with Gasteiger partial charge in [0.15, 0.2) is 6.10 Å². The summed E-state index contributed by atoms with van der Waals surface area (Å²) in [6, 6.07) is 20.2. The number of nitrogens with one attached hydrogen (secondary N) is 1. The van der Waals surface area contributed by atoms with Gasteiger partial charge in [0.05, 0.1) is 11.3 Å². The van der Waals surface area contributed by atoms with Crippen molar-refractivity contribution >= 4 is 28.3 Å². The Kier molecular flexibility index (Phi) is 6.40. The van der Waals surface area contributed by atoms with Crippen molar-refractivity contribution in [3.63, 3.8) is 0 Å². The van der Waals surface area contributed by atoms with E-state index in [2.05, 4.69) is 10.5 Å². The minimum absolute atomic E-state index is 0.198. The van der Waals surface area contributed by atoms with Gasteiger partial charge in [0.1, 0.15) is 23.7 Å². The molecule has 1 N–H and O–H groups in total. The third kappa shape index (κ3) is 5.03. The second kappa shape index (κ2) is 9.56. The Hall–Kier alpha value is -4.13. The Morgan fingerprint density at radius 2 is 1.73 bits per heavy atom. The van der Waals surface area contributed by atoms with Crippen LogP contribution in [0, 0.1) is 13.8 Å². The molecule has 1 amide bonds. The van der Waals surface area contributed by atoms with E-state index >= 15 is 0 Å². The lowest BCUT2D eigenvalue weighted by molar-refractivity contribution is -0.123. The van der Waals surface area contributed by atoms with Crippen molar-refractivity contribution in [3.8, 4) is 5.75 Å². The maximum absolute atomic E-state index is 12.8. The number of anilines is 1. The van der Waals surface area contributed by atoms with E-state index in [0.717, 1.165) is 22.0 Å². The summed E-state index contributed by atoms with van der Waals surface area (Å²) in [5.74, 6) is -0.0607. The molecule has 7 nitrogen and oxygen atoms in total. The van der Waals surface area contributed by atoms with Gasteiger partial charge >= 0.3 is 5.97 Å². The molecule has 0 saturated heterocycles. The number of carbonyl (C=O) groups excluding carboxylic acids is 2. The average Bonchev–Trinajstić information content (AvgIpc) is 3.14. The topological polar surface area (TPSA) is 90.7 Å². The molecule has 1 aromatic heterocycles. The molecular formula is C26H24N2O5. The Bertz CT molecular complexity index is 1290. The van der Waals surface area contributed by atoms with Crippen molar-refractivity contribution in [1.29, 1.82) is 0 Å². The van der Waals surface area contributed by atoms with Crippen LogP contribution in [0.15, 0.2) is 71.3 Å². The Morgan fingerprint density at radius 3 is 2.48 bits per heavy atom. The normalized spacial score (nSPS) is 11.7. The molecule has 33 heavy (non-hydrogen) atoms. The smallest absolute Gasteiger partial charge is 0.342 e. The van der Waals surface area contributed by atoms with Crippen molar-refractivity contribution in [3.05, 3.63) is 89.3 Å². The summed E-state index contributed by atoms with van der Waals surface area (Å²) in [6.45, 7) is 5.35. The number of aromatic nitrogens is 1. The van der Waals surface area contributed by atoms with E-state index in [4.69, 9.17) is 14.0 Å². The minimum atomic E-state index is -1.00. The predicted molar refractivity (Wildman–Crippen MR) is 124 cm³/mol. The molecule has 4 aromatic rings. The zero-order valence-corrected chi connectivity index (χ0v) is 18.6. The molecule has 0 spiro atoms.